The van der Waals surface area contributed by atoms with E-state index in [9.17, 15) is 13.2 Å². The molecule has 2 aromatic carbocycles. The normalized spacial score (nSPS) is 17.0. The van der Waals surface area contributed by atoms with Gasteiger partial charge in [0.25, 0.3) is 15.9 Å². The predicted octanol–water partition coefficient (Wildman–Crippen LogP) is 4.25. The molecule has 1 fully saturated rings. The van der Waals surface area contributed by atoms with Crippen LogP contribution in [-0.4, -0.2) is 45.0 Å². The van der Waals surface area contributed by atoms with E-state index in [2.05, 4.69) is 11.0 Å². The van der Waals surface area contributed by atoms with Gasteiger partial charge < -0.3 is 4.90 Å². The Hall–Kier alpha value is -2.55. The highest BCUT2D eigenvalue weighted by Crippen LogP contribution is 2.34. The number of amides is 1. The molecule has 0 bridgehead atoms. The van der Waals surface area contributed by atoms with Gasteiger partial charge in [-0.1, -0.05) is 29.8 Å². The standard InChI is InChI=1S/C21H20ClN3O3S2/c1-4-13-25-20(26)19(14-15-5-9-17(10-6-15)24(2)3)29-21(25)23-30(27,28)18-11-7-16(22)8-12-18/h4-12,14H,1,13H2,2-3H3/b19-14-,23-21+. The first-order valence-corrected chi connectivity index (χ1v) is 11.5. The van der Waals surface area contributed by atoms with Gasteiger partial charge >= 0.3 is 0 Å². The summed E-state index contributed by atoms with van der Waals surface area (Å²) in [5.41, 5.74) is 1.86. The van der Waals surface area contributed by atoms with Crippen molar-refractivity contribution >= 4 is 56.2 Å². The van der Waals surface area contributed by atoms with E-state index >= 15 is 0 Å². The monoisotopic (exact) mass is 461 g/mol. The van der Waals surface area contributed by atoms with Gasteiger partial charge in [0.15, 0.2) is 5.17 Å². The van der Waals surface area contributed by atoms with Gasteiger partial charge in [-0.25, -0.2) is 0 Å². The molecule has 1 aliphatic rings. The molecule has 9 heteroatoms. The van der Waals surface area contributed by atoms with E-state index < -0.39 is 10.0 Å². The lowest BCUT2D eigenvalue weighted by Gasteiger charge is -2.12. The molecule has 6 nitrogen and oxygen atoms in total. The number of halogens is 1. The number of sulfonamides is 1. The molecular weight excluding hydrogens is 442 g/mol. The second-order valence-electron chi connectivity index (χ2n) is 6.60. The summed E-state index contributed by atoms with van der Waals surface area (Å²) >= 11 is 6.85. The summed E-state index contributed by atoms with van der Waals surface area (Å²) in [5.74, 6) is -0.318. The zero-order valence-corrected chi connectivity index (χ0v) is 18.8. The van der Waals surface area contributed by atoms with Crippen LogP contribution in [0.2, 0.25) is 5.02 Å². The van der Waals surface area contributed by atoms with Crippen molar-refractivity contribution in [2.75, 3.05) is 25.5 Å². The number of hydrogen-bond acceptors (Lipinski definition) is 5. The maximum Gasteiger partial charge on any atom is 0.284 e. The van der Waals surface area contributed by atoms with E-state index in [1.165, 1.54) is 35.2 Å². The number of carbonyl (C=O) groups excluding carboxylic acids is 1. The number of amidine groups is 1. The quantitative estimate of drug-likeness (QED) is 0.475. The molecule has 3 rings (SSSR count). The van der Waals surface area contributed by atoms with Crippen molar-refractivity contribution in [3.63, 3.8) is 0 Å². The Kier molecular flexibility index (Phi) is 6.70. The fourth-order valence-corrected chi connectivity index (χ4v) is 4.96. The molecule has 0 N–H and O–H groups in total. The van der Waals surface area contributed by atoms with Gasteiger partial charge in [0, 0.05) is 31.4 Å². The molecule has 0 aliphatic carbocycles. The summed E-state index contributed by atoms with van der Waals surface area (Å²) in [6.07, 6.45) is 3.25. The molecule has 0 saturated carbocycles. The minimum absolute atomic E-state index is 0.00251. The van der Waals surface area contributed by atoms with Crippen molar-refractivity contribution in [2.45, 2.75) is 4.90 Å². The van der Waals surface area contributed by atoms with Crippen LogP contribution < -0.4 is 4.90 Å². The van der Waals surface area contributed by atoms with Crippen molar-refractivity contribution in [3.05, 3.63) is 76.7 Å². The zero-order chi connectivity index (χ0) is 21.9. The number of anilines is 1. The number of carbonyl (C=O) groups is 1. The van der Waals surface area contributed by atoms with Gasteiger partial charge in [0.1, 0.15) is 0 Å². The van der Waals surface area contributed by atoms with E-state index in [-0.39, 0.29) is 22.5 Å². The van der Waals surface area contributed by atoms with Crippen LogP contribution in [0.1, 0.15) is 5.56 Å². The van der Waals surface area contributed by atoms with Gasteiger partial charge in [0.2, 0.25) is 0 Å². The number of nitrogens with zero attached hydrogens (tertiary/aromatic N) is 3. The van der Waals surface area contributed by atoms with E-state index in [0.717, 1.165) is 23.0 Å². The highest BCUT2D eigenvalue weighted by Gasteiger charge is 2.34. The molecule has 0 aromatic heterocycles. The minimum Gasteiger partial charge on any atom is -0.378 e. The second-order valence-corrected chi connectivity index (χ2v) is 9.65. The Morgan fingerprint density at radius 2 is 1.77 bits per heavy atom. The van der Waals surface area contributed by atoms with Crippen LogP contribution in [0.3, 0.4) is 0 Å². The highest BCUT2D eigenvalue weighted by molar-refractivity contribution is 8.19. The summed E-state index contributed by atoms with van der Waals surface area (Å²) in [7, 11) is -0.108. The fourth-order valence-electron chi connectivity index (χ4n) is 2.65. The van der Waals surface area contributed by atoms with E-state index in [4.69, 9.17) is 11.6 Å². The van der Waals surface area contributed by atoms with Gasteiger partial charge in [-0.15, -0.1) is 11.0 Å². The van der Waals surface area contributed by atoms with E-state index in [1.54, 1.807) is 6.08 Å². The molecule has 0 unspecified atom stereocenters. The first-order valence-electron chi connectivity index (χ1n) is 8.91. The Morgan fingerprint density at radius 1 is 1.13 bits per heavy atom. The molecule has 1 heterocycles. The van der Waals surface area contributed by atoms with Crippen molar-refractivity contribution in [2.24, 2.45) is 4.40 Å². The van der Waals surface area contributed by atoms with Crippen molar-refractivity contribution in [1.29, 1.82) is 0 Å². The molecule has 2 aromatic rings. The number of thioether (sulfide) groups is 1. The van der Waals surface area contributed by atoms with Gasteiger partial charge in [-0.05, 0) is 59.8 Å². The van der Waals surface area contributed by atoms with Crippen molar-refractivity contribution in [3.8, 4) is 0 Å². The van der Waals surface area contributed by atoms with Crippen LogP contribution in [0.25, 0.3) is 6.08 Å². The molecule has 1 aliphatic heterocycles. The average molecular weight is 462 g/mol. The Bertz CT molecular complexity index is 1120. The zero-order valence-electron chi connectivity index (χ0n) is 16.4. The predicted molar refractivity (Wildman–Crippen MR) is 124 cm³/mol. The van der Waals surface area contributed by atoms with Crippen LogP contribution in [0, 0.1) is 0 Å². The van der Waals surface area contributed by atoms with Crippen LogP contribution >= 0.6 is 23.4 Å². The first kappa shape index (κ1) is 22.1. The molecule has 1 saturated heterocycles. The van der Waals surface area contributed by atoms with Crippen LogP contribution in [0.4, 0.5) is 5.69 Å². The van der Waals surface area contributed by atoms with Crippen LogP contribution in [0.5, 0.6) is 0 Å². The van der Waals surface area contributed by atoms with E-state index in [0.29, 0.717) is 9.93 Å². The first-order chi connectivity index (χ1) is 14.2. The molecule has 0 radical (unpaired) electrons. The lowest BCUT2D eigenvalue weighted by Crippen LogP contribution is -2.29. The Balaban J connectivity index is 1.95. The SMILES string of the molecule is C=CCN1C(=O)/C(=C/c2ccc(N(C)C)cc2)S/C1=N/S(=O)(=O)c1ccc(Cl)cc1. The number of rotatable bonds is 6. The number of hydrogen-bond donors (Lipinski definition) is 0. The Labute approximate surface area is 185 Å². The fraction of sp³-hybridized carbons (Fsp3) is 0.143. The summed E-state index contributed by atoms with van der Waals surface area (Å²) in [4.78, 5) is 16.5. The topological polar surface area (TPSA) is 70.1 Å². The number of benzene rings is 2. The van der Waals surface area contributed by atoms with E-state index in [1.807, 2.05) is 43.3 Å². The minimum atomic E-state index is -4.00. The van der Waals surface area contributed by atoms with Crippen LogP contribution in [-0.2, 0) is 14.8 Å². The molecule has 1 amide bonds. The largest absolute Gasteiger partial charge is 0.378 e. The van der Waals surface area contributed by atoms with Crippen LogP contribution in [0.15, 0.2) is 75.4 Å². The summed E-state index contributed by atoms with van der Waals surface area (Å²) < 4.78 is 29.3. The third-order valence-electron chi connectivity index (χ3n) is 4.22. The molecule has 0 atom stereocenters. The second kappa shape index (κ2) is 9.07. The highest BCUT2D eigenvalue weighted by atomic mass is 35.5. The molecule has 30 heavy (non-hydrogen) atoms. The summed E-state index contributed by atoms with van der Waals surface area (Å²) in [6.45, 7) is 3.80. The van der Waals surface area contributed by atoms with Crippen molar-refractivity contribution in [1.82, 2.24) is 4.90 Å². The summed E-state index contributed by atoms with van der Waals surface area (Å²) in [5, 5.41) is 0.511. The van der Waals surface area contributed by atoms with Gasteiger partial charge in [-0.2, -0.15) is 8.42 Å². The van der Waals surface area contributed by atoms with Gasteiger partial charge in [0.05, 0.1) is 9.80 Å². The average Bonchev–Trinajstić information content (AvgIpc) is 2.97. The third kappa shape index (κ3) is 4.95. The Morgan fingerprint density at radius 3 is 2.33 bits per heavy atom. The lowest BCUT2D eigenvalue weighted by molar-refractivity contribution is -0.121. The lowest BCUT2D eigenvalue weighted by atomic mass is 10.2. The molecular formula is C21H20ClN3O3S2. The summed E-state index contributed by atoms with van der Waals surface area (Å²) in [6, 6.07) is 13.4. The van der Waals surface area contributed by atoms with Gasteiger partial charge in [-0.3, -0.25) is 9.69 Å². The smallest absolute Gasteiger partial charge is 0.284 e. The maximum atomic E-state index is 12.8. The third-order valence-corrected chi connectivity index (χ3v) is 6.87. The van der Waals surface area contributed by atoms with Crippen molar-refractivity contribution < 1.29 is 13.2 Å². The molecule has 0 spiro atoms. The maximum absolute atomic E-state index is 12.8. The molecule has 156 valence electrons.